The van der Waals surface area contributed by atoms with E-state index in [9.17, 15) is 9.18 Å². The van der Waals surface area contributed by atoms with Crippen LogP contribution in [0, 0.1) is 5.82 Å². The van der Waals surface area contributed by atoms with Crippen molar-refractivity contribution < 1.29 is 13.9 Å². The number of carbonyl (C=O) groups is 1. The van der Waals surface area contributed by atoms with Gasteiger partial charge in [0, 0.05) is 29.9 Å². The normalized spacial score (nSPS) is 10.4. The molecule has 0 bridgehead atoms. The van der Waals surface area contributed by atoms with E-state index in [2.05, 4.69) is 10.6 Å². The van der Waals surface area contributed by atoms with Crippen LogP contribution in [-0.4, -0.2) is 13.0 Å². The van der Waals surface area contributed by atoms with E-state index in [-0.39, 0.29) is 11.7 Å². The van der Waals surface area contributed by atoms with Crippen LogP contribution in [0.4, 0.5) is 10.1 Å². The van der Waals surface area contributed by atoms with Gasteiger partial charge in [0.15, 0.2) is 0 Å². The summed E-state index contributed by atoms with van der Waals surface area (Å²) in [6.45, 7) is 1.01. The van der Waals surface area contributed by atoms with Gasteiger partial charge in [-0.05, 0) is 48.0 Å². The molecule has 0 radical (unpaired) electrons. The first-order valence-electron chi connectivity index (χ1n) is 8.64. The molecule has 0 spiro atoms. The number of benzene rings is 3. The number of rotatable bonds is 7. The van der Waals surface area contributed by atoms with E-state index in [0.717, 1.165) is 5.56 Å². The third-order valence-electron chi connectivity index (χ3n) is 4.14. The van der Waals surface area contributed by atoms with Gasteiger partial charge in [-0.1, -0.05) is 30.3 Å². The van der Waals surface area contributed by atoms with Gasteiger partial charge in [0.1, 0.15) is 11.6 Å². The summed E-state index contributed by atoms with van der Waals surface area (Å²) in [5.41, 5.74) is 2.89. The topological polar surface area (TPSA) is 50.4 Å². The summed E-state index contributed by atoms with van der Waals surface area (Å²) in [5, 5.41) is 6.10. The van der Waals surface area contributed by atoms with E-state index >= 15 is 0 Å². The SMILES string of the molecule is COc1ccc(C(=O)Nc2cccc(CNCc3ccccc3F)c2)cc1. The Balaban J connectivity index is 1.58. The first-order valence-corrected chi connectivity index (χ1v) is 8.64. The van der Waals surface area contributed by atoms with Crippen molar-refractivity contribution in [2.24, 2.45) is 0 Å². The Kier molecular flexibility index (Phi) is 6.18. The summed E-state index contributed by atoms with van der Waals surface area (Å²) in [7, 11) is 1.58. The molecule has 4 nitrogen and oxygen atoms in total. The average molecular weight is 364 g/mol. The maximum atomic E-state index is 13.6. The summed E-state index contributed by atoms with van der Waals surface area (Å²) in [6.07, 6.45) is 0. The third kappa shape index (κ3) is 5.15. The fourth-order valence-electron chi connectivity index (χ4n) is 2.69. The molecular weight excluding hydrogens is 343 g/mol. The lowest BCUT2D eigenvalue weighted by molar-refractivity contribution is 0.102. The molecule has 0 heterocycles. The Morgan fingerprint density at radius 3 is 2.48 bits per heavy atom. The number of amides is 1. The minimum Gasteiger partial charge on any atom is -0.497 e. The molecule has 0 atom stereocenters. The van der Waals surface area contributed by atoms with Crippen LogP contribution in [0.3, 0.4) is 0 Å². The molecule has 0 saturated heterocycles. The van der Waals surface area contributed by atoms with Gasteiger partial charge in [-0.2, -0.15) is 0 Å². The molecule has 3 rings (SSSR count). The van der Waals surface area contributed by atoms with Crippen molar-refractivity contribution in [1.82, 2.24) is 5.32 Å². The Bertz CT molecular complexity index is 910. The van der Waals surface area contributed by atoms with Gasteiger partial charge in [-0.3, -0.25) is 4.79 Å². The standard InChI is InChI=1S/C22H21FN2O2/c1-27-20-11-9-17(10-12-20)22(26)25-19-7-4-5-16(13-19)14-24-15-18-6-2-3-8-21(18)23/h2-13,24H,14-15H2,1H3,(H,25,26). The first kappa shape index (κ1) is 18.6. The Labute approximate surface area is 158 Å². The number of nitrogens with one attached hydrogen (secondary N) is 2. The Hall–Kier alpha value is -3.18. The minimum absolute atomic E-state index is 0.186. The number of hydrogen-bond donors (Lipinski definition) is 2. The number of ether oxygens (including phenoxy) is 1. The van der Waals surface area contributed by atoms with Crippen LogP contribution in [0.2, 0.25) is 0 Å². The van der Waals surface area contributed by atoms with Crippen molar-refractivity contribution in [3.05, 3.63) is 95.3 Å². The van der Waals surface area contributed by atoms with E-state index in [1.165, 1.54) is 6.07 Å². The van der Waals surface area contributed by atoms with Crippen LogP contribution >= 0.6 is 0 Å². The molecule has 3 aromatic rings. The van der Waals surface area contributed by atoms with Crippen LogP contribution in [-0.2, 0) is 13.1 Å². The maximum Gasteiger partial charge on any atom is 0.255 e. The van der Waals surface area contributed by atoms with Gasteiger partial charge < -0.3 is 15.4 Å². The third-order valence-corrected chi connectivity index (χ3v) is 4.14. The highest BCUT2D eigenvalue weighted by molar-refractivity contribution is 6.04. The number of anilines is 1. The van der Waals surface area contributed by atoms with Gasteiger partial charge >= 0.3 is 0 Å². The molecule has 0 aliphatic carbocycles. The highest BCUT2D eigenvalue weighted by Crippen LogP contribution is 2.15. The van der Waals surface area contributed by atoms with Crippen LogP contribution in [0.1, 0.15) is 21.5 Å². The molecule has 0 aliphatic rings. The van der Waals surface area contributed by atoms with Gasteiger partial charge in [0.2, 0.25) is 0 Å². The number of carbonyl (C=O) groups excluding carboxylic acids is 1. The molecule has 5 heteroatoms. The molecule has 0 aromatic heterocycles. The quantitative estimate of drug-likeness (QED) is 0.654. The molecular formula is C22H21FN2O2. The van der Waals surface area contributed by atoms with E-state index in [1.54, 1.807) is 43.5 Å². The molecule has 0 fully saturated rings. The Morgan fingerprint density at radius 1 is 0.963 bits per heavy atom. The second-order valence-electron chi connectivity index (χ2n) is 6.08. The number of methoxy groups -OCH3 is 1. The van der Waals surface area contributed by atoms with Crippen molar-refractivity contribution >= 4 is 11.6 Å². The van der Waals surface area contributed by atoms with Crippen LogP contribution in [0.25, 0.3) is 0 Å². The number of halogens is 1. The highest BCUT2D eigenvalue weighted by atomic mass is 19.1. The molecule has 27 heavy (non-hydrogen) atoms. The van der Waals surface area contributed by atoms with Gasteiger partial charge in [0.25, 0.3) is 5.91 Å². The summed E-state index contributed by atoms with van der Waals surface area (Å²) in [4.78, 5) is 12.4. The van der Waals surface area contributed by atoms with Gasteiger partial charge in [0.05, 0.1) is 7.11 Å². The summed E-state index contributed by atoms with van der Waals surface area (Å²) < 4.78 is 18.7. The molecule has 0 unspecified atom stereocenters. The lowest BCUT2D eigenvalue weighted by Crippen LogP contribution is -2.15. The molecule has 0 aliphatic heterocycles. The van der Waals surface area contributed by atoms with E-state index in [4.69, 9.17) is 4.74 Å². The zero-order valence-electron chi connectivity index (χ0n) is 15.0. The molecule has 138 valence electrons. The first-order chi connectivity index (χ1) is 13.2. The van der Waals surface area contributed by atoms with Crippen molar-refractivity contribution in [1.29, 1.82) is 0 Å². The largest absolute Gasteiger partial charge is 0.497 e. The summed E-state index contributed by atoms with van der Waals surface area (Å²) >= 11 is 0. The van der Waals surface area contributed by atoms with E-state index < -0.39 is 0 Å². The van der Waals surface area contributed by atoms with Crippen LogP contribution in [0.5, 0.6) is 5.75 Å². The van der Waals surface area contributed by atoms with E-state index in [0.29, 0.717) is 35.7 Å². The molecule has 3 aromatic carbocycles. The van der Waals surface area contributed by atoms with Crippen molar-refractivity contribution in [3.63, 3.8) is 0 Å². The van der Waals surface area contributed by atoms with Crippen LogP contribution in [0.15, 0.2) is 72.8 Å². The maximum absolute atomic E-state index is 13.6. The Morgan fingerprint density at radius 2 is 1.74 bits per heavy atom. The zero-order valence-corrected chi connectivity index (χ0v) is 15.0. The molecule has 2 N–H and O–H groups in total. The van der Waals surface area contributed by atoms with Gasteiger partial charge in [-0.15, -0.1) is 0 Å². The summed E-state index contributed by atoms with van der Waals surface area (Å²) in [5.74, 6) is 0.300. The lowest BCUT2D eigenvalue weighted by atomic mass is 10.1. The zero-order chi connectivity index (χ0) is 19.1. The van der Waals surface area contributed by atoms with E-state index in [1.807, 2.05) is 30.3 Å². The minimum atomic E-state index is -0.217. The fraction of sp³-hybridized carbons (Fsp3) is 0.136. The predicted octanol–water partition coefficient (Wildman–Crippen LogP) is 4.38. The smallest absolute Gasteiger partial charge is 0.255 e. The highest BCUT2D eigenvalue weighted by Gasteiger charge is 2.07. The average Bonchev–Trinajstić information content (AvgIpc) is 2.70. The lowest BCUT2D eigenvalue weighted by Gasteiger charge is -2.09. The fourth-order valence-corrected chi connectivity index (χ4v) is 2.69. The second-order valence-corrected chi connectivity index (χ2v) is 6.08. The van der Waals surface area contributed by atoms with Crippen molar-refractivity contribution in [3.8, 4) is 5.75 Å². The summed E-state index contributed by atoms with van der Waals surface area (Å²) in [6, 6.07) is 21.2. The monoisotopic (exact) mass is 364 g/mol. The second kappa shape index (κ2) is 8.96. The predicted molar refractivity (Wildman–Crippen MR) is 104 cm³/mol. The van der Waals surface area contributed by atoms with Crippen molar-refractivity contribution in [2.75, 3.05) is 12.4 Å². The van der Waals surface area contributed by atoms with Crippen LogP contribution < -0.4 is 15.4 Å². The van der Waals surface area contributed by atoms with Gasteiger partial charge in [-0.25, -0.2) is 4.39 Å². The number of hydrogen-bond acceptors (Lipinski definition) is 3. The molecule has 1 amide bonds. The molecule has 0 saturated carbocycles. The van der Waals surface area contributed by atoms with Crippen molar-refractivity contribution in [2.45, 2.75) is 13.1 Å².